The molecule has 0 fully saturated rings. The van der Waals surface area contributed by atoms with Crippen LogP contribution in [0.15, 0.2) is 48.6 Å². The van der Waals surface area contributed by atoms with Crippen molar-refractivity contribution in [2.24, 2.45) is 5.92 Å². The molecular weight excluding hydrogens is 659 g/mol. The highest BCUT2D eigenvalue weighted by molar-refractivity contribution is 7.46. The van der Waals surface area contributed by atoms with Crippen LogP contribution >= 0.6 is 7.82 Å². The topological polar surface area (TPSA) is 160 Å². The molecule has 10 nitrogen and oxygen atoms in total. The highest BCUT2D eigenvalue weighted by Crippen LogP contribution is 2.36. The van der Waals surface area contributed by atoms with Gasteiger partial charge in [0.2, 0.25) is 0 Å². The van der Waals surface area contributed by atoms with E-state index >= 15 is 0 Å². The van der Waals surface area contributed by atoms with Gasteiger partial charge in [0.25, 0.3) is 0 Å². The highest BCUT2D eigenvalue weighted by Gasteiger charge is 2.23. The molecule has 0 aliphatic heterocycles. The van der Waals surface area contributed by atoms with Crippen molar-refractivity contribution in [3.05, 3.63) is 48.6 Å². The summed E-state index contributed by atoms with van der Waals surface area (Å²) >= 11 is 0. The van der Waals surface area contributed by atoms with Crippen molar-refractivity contribution in [2.45, 2.75) is 167 Å². The molecular formula is C39H69O10P. The number of carbonyl (C=O) groups excluding carboxylic acids is 2. The van der Waals surface area contributed by atoms with E-state index in [9.17, 15) is 24.4 Å². The number of ether oxygens (including phenoxy) is 2. The molecule has 0 amide bonds. The number of unbranched alkanes of at least 4 members (excludes halogenated alkanes) is 11. The SMILES string of the molecule is CCCCC[C@@H](O)/C=C/C=C\C/C=C\C=C\[C@@H](O)CCCC(=O)O[C@H](COC(=O)CCCCCCCCCCCCC(C)C)COP(=O)(O)O. The van der Waals surface area contributed by atoms with Gasteiger partial charge < -0.3 is 29.5 Å². The number of esters is 2. The summed E-state index contributed by atoms with van der Waals surface area (Å²) in [7, 11) is -4.82. The van der Waals surface area contributed by atoms with Crippen molar-refractivity contribution in [2.75, 3.05) is 13.2 Å². The van der Waals surface area contributed by atoms with E-state index in [2.05, 4.69) is 25.3 Å². The monoisotopic (exact) mass is 728 g/mol. The quantitative estimate of drug-likeness (QED) is 0.0222. The summed E-state index contributed by atoms with van der Waals surface area (Å²) in [6, 6.07) is 0. The van der Waals surface area contributed by atoms with Crippen LogP contribution < -0.4 is 0 Å². The summed E-state index contributed by atoms with van der Waals surface area (Å²) in [6.07, 6.45) is 30.6. The number of hydrogen-bond acceptors (Lipinski definition) is 8. The van der Waals surface area contributed by atoms with Crippen molar-refractivity contribution in [1.82, 2.24) is 0 Å². The minimum atomic E-state index is -4.82. The zero-order valence-electron chi connectivity index (χ0n) is 31.2. The molecule has 0 unspecified atom stereocenters. The van der Waals surface area contributed by atoms with Crippen molar-refractivity contribution < 1.29 is 48.2 Å². The minimum Gasteiger partial charge on any atom is -0.462 e. The van der Waals surface area contributed by atoms with E-state index in [0.29, 0.717) is 25.7 Å². The van der Waals surface area contributed by atoms with Gasteiger partial charge in [-0.05, 0) is 38.0 Å². The molecule has 0 radical (unpaired) electrons. The Labute approximate surface area is 302 Å². The molecule has 3 atom stereocenters. The summed E-state index contributed by atoms with van der Waals surface area (Å²) in [6.45, 7) is 5.68. The van der Waals surface area contributed by atoms with Crippen LogP contribution in [0.25, 0.3) is 0 Å². The Balaban J connectivity index is 4.24. The van der Waals surface area contributed by atoms with Crippen LogP contribution in [0.3, 0.4) is 0 Å². The molecule has 4 N–H and O–H groups in total. The van der Waals surface area contributed by atoms with Crippen LogP contribution in [-0.2, 0) is 28.2 Å². The summed E-state index contributed by atoms with van der Waals surface area (Å²) in [4.78, 5) is 42.7. The summed E-state index contributed by atoms with van der Waals surface area (Å²) in [5.41, 5.74) is 0. The number of phosphoric ester groups is 1. The number of phosphoric acid groups is 1. The molecule has 0 saturated heterocycles. The second kappa shape index (κ2) is 32.8. The van der Waals surface area contributed by atoms with E-state index in [1.807, 2.05) is 30.4 Å². The third-order valence-electron chi connectivity index (χ3n) is 7.99. The van der Waals surface area contributed by atoms with Crippen molar-refractivity contribution in [3.8, 4) is 0 Å². The molecule has 0 aromatic rings. The fourth-order valence-electron chi connectivity index (χ4n) is 5.06. The zero-order chi connectivity index (χ0) is 37.3. The van der Waals surface area contributed by atoms with Crippen LogP contribution in [0.5, 0.6) is 0 Å². The van der Waals surface area contributed by atoms with Crippen molar-refractivity contribution in [1.29, 1.82) is 0 Å². The molecule has 0 aliphatic carbocycles. The number of aliphatic hydroxyl groups excluding tert-OH is 2. The molecule has 0 aromatic heterocycles. The van der Waals surface area contributed by atoms with Gasteiger partial charge in [0.1, 0.15) is 6.61 Å². The lowest BCUT2D eigenvalue weighted by atomic mass is 10.0. The first-order chi connectivity index (χ1) is 23.9. The first kappa shape index (κ1) is 47.9. The van der Waals surface area contributed by atoms with Gasteiger partial charge in [-0.25, -0.2) is 4.57 Å². The van der Waals surface area contributed by atoms with E-state index in [0.717, 1.165) is 50.9 Å². The Bertz CT molecular complexity index is 1000. The van der Waals surface area contributed by atoms with Gasteiger partial charge in [-0.1, -0.05) is 153 Å². The van der Waals surface area contributed by atoms with Crippen LogP contribution in [0, 0.1) is 5.92 Å². The van der Waals surface area contributed by atoms with E-state index in [-0.39, 0.29) is 19.4 Å². The Hall–Kier alpha value is -2.07. The molecule has 0 bridgehead atoms. The average molecular weight is 729 g/mol. The highest BCUT2D eigenvalue weighted by atomic mass is 31.2. The lowest BCUT2D eigenvalue weighted by Crippen LogP contribution is -2.29. The molecule has 0 aliphatic rings. The molecule has 50 heavy (non-hydrogen) atoms. The van der Waals surface area contributed by atoms with Gasteiger partial charge in [-0.2, -0.15) is 0 Å². The Kier molecular flexibility index (Phi) is 31.5. The van der Waals surface area contributed by atoms with E-state index in [1.165, 1.54) is 44.9 Å². The van der Waals surface area contributed by atoms with Crippen LogP contribution in [-0.4, -0.2) is 63.5 Å². The first-order valence-corrected chi connectivity index (χ1v) is 20.5. The maximum Gasteiger partial charge on any atom is 0.469 e. The maximum atomic E-state index is 12.4. The number of allylic oxidation sites excluding steroid dienone is 6. The number of aliphatic hydroxyl groups is 2. The van der Waals surface area contributed by atoms with Gasteiger partial charge >= 0.3 is 19.8 Å². The first-order valence-electron chi connectivity index (χ1n) is 19.0. The Morgan fingerprint density at radius 3 is 1.68 bits per heavy atom. The number of rotatable bonds is 33. The predicted molar refractivity (Wildman–Crippen MR) is 200 cm³/mol. The second-order valence-corrected chi connectivity index (χ2v) is 14.7. The summed E-state index contributed by atoms with van der Waals surface area (Å²) in [5.74, 6) is -0.331. The zero-order valence-corrected chi connectivity index (χ0v) is 32.1. The average Bonchev–Trinajstić information content (AvgIpc) is 3.05. The van der Waals surface area contributed by atoms with Gasteiger partial charge in [0, 0.05) is 12.8 Å². The summed E-state index contributed by atoms with van der Waals surface area (Å²) in [5, 5.41) is 20.0. The lowest BCUT2D eigenvalue weighted by Gasteiger charge is -2.18. The van der Waals surface area contributed by atoms with Crippen LogP contribution in [0.4, 0.5) is 0 Å². The maximum absolute atomic E-state index is 12.4. The van der Waals surface area contributed by atoms with Gasteiger partial charge in [0.15, 0.2) is 6.10 Å². The Morgan fingerprint density at radius 1 is 0.640 bits per heavy atom. The Morgan fingerprint density at radius 2 is 1.14 bits per heavy atom. The molecule has 0 spiro atoms. The smallest absolute Gasteiger partial charge is 0.462 e. The normalized spacial score (nSPS) is 14.4. The second-order valence-electron chi connectivity index (χ2n) is 13.4. The van der Waals surface area contributed by atoms with E-state index in [4.69, 9.17) is 19.3 Å². The fourth-order valence-corrected chi connectivity index (χ4v) is 5.42. The lowest BCUT2D eigenvalue weighted by molar-refractivity contribution is -0.161. The van der Waals surface area contributed by atoms with Crippen LogP contribution in [0.2, 0.25) is 0 Å². The minimum absolute atomic E-state index is 0.0369. The molecule has 0 aromatic carbocycles. The van der Waals surface area contributed by atoms with E-state index < -0.39 is 44.7 Å². The van der Waals surface area contributed by atoms with Crippen molar-refractivity contribution in [3.63, 3.8) is 0 Å². The van der Waals surface area contributed by atoms with Crippen LogP contribution in [0.1, 0.15) is 149 Å². The largest absolute Gasteiger partial charge is 0.469 e. The summed E-state index contributed by atoms with van der Waals surface area (Å²) < 4.78 is 26.1. The number of hydrogen-bond donors (Lipinski definition) is 4. The van der Waals surface area contributed by atoms with Gasteiger partial charge in [-0.3, -0.25) is 14.1 Å². The predicted octanol–water partition coefficient (Wildman–Crippen LogP) is 8.98. The molecule has 0 heterocycles. The van der Waals surface area contributed by atoms with Gasteiger partial charge in [-0.15, -0.1) is 0 Å². The third kappa shape index (κ3) is 35.7. The third-order valence-corrected chi connectivity index (χ3v) is 8.47. The number of carbonyl (C=O) groups is 2. The standard InChI is InChI=1S/C39H69O10P/c1-4-5-19-26-35(40)27-21-16-12-10-13-17-22-28-36(41)29-24-31-39(43)49-37(33-48-50(44,45)46)32-47-38(42)30-23-18-14-9-7-6-8-11-15-20-25-34(2)3/h12-13,16-17,21-22,27-28,34-37,40-41H,4-11,14-15,18-20,23-26,29-33H2,1-3H3,(H2,44,45,46)/b16-12-,17-13-,27-21+,28-22+/t35-,36-,37-/m1/s1. The van der Waals surface area contributed by atoms with Crippen molar-refractivity contribution >= 4 is 19.8 Å². The van der Waals surface area contributed by atoms with Gasteiger partial charge in [0.05, 0.1) is 18.8 Å². The van der Waals surface area contributed by atoms with E-state index in [1.54, 1.807) is 18.2 Å². The molecule has 0 saturated carbocycles. The molecule has 290 valence electrons. The molecule has 11 heteroatoms. The fraction of sp³-hybridized carbons (Fsp3) is 0.744. The molecule has 0 rings (SSSR count).